The van der Waals surface area contributed by atoms with Gasteiger partial charge < -0.3 is 13.7 Å². The molecule has 1 aliphatic heterocycles. The molecule has 0 atom stereocenters. The van der Waals surface area contributed by atoms with Gasteiger partial charge in [0.1, 0.15) is 16.2 Å². The van der Waals surface area contributed by atoms with E-state index in [0.29, 0.717) is 28.1 Å². The Morgan fingerprint density at radius 3 is 2.34 bits per heavy atom. The van der Waals surface area contributed by atoms with Crippen molar-refractivity contribution in [1.82, 2.24) is 10.2 Å². The van der Waals surface area contributed by atoms with Crippen molar-refractivity contribution in [3.63, 3.8) is 0 Å². The van der Waals surface area contributed by atoms with Gasteiger partial charge in [-0.25, -0.2) is 4.79 Å². The summed E-state index contributed by atoms with van der Waals surface area (Å²) < 4.78 is 42.8. The average molecular weight is 644 g/mol. The summed E-state index contributed by atoms with van der Waals surface area (Å²) in [5.74, 6) is -0.956. The van der Waals surface area contributed by atoms with Crippen LogP contribution in [-0.2, 0) is 26.3 Å². The number of ether oxygens (including phenoxy) is 2. The number of urea groups is 1. The van der Waals surface area contributed by atoms with Gasteiger partial charge in [0.25, 0.3) is 11.8 Å². The van der Waals surface area contributed by atoms with Gasteiger partial charge in [0.05, 0.1) is 20.3 Å². The van der Waals surface area contributed by atoms with E-state index in [2.05, 4.69) is 21.2 Å². The summed E-state index contributed by atoms with van der Waals surface area (Å²) in [6.07, 6.45) is 1.99. The third-order valence-electron chi connectivity index (χ3n) is 6.00. The lowest BCUT2D eigenvalue weighted by molar-refractivity contribution is -0.130. The van der Waals surface area contributed by atoms with E-state index < -0.39 is 28.0 Å². The molecule has 4 amide bonds. The average Bonchev–Trinajstić information content (AvgIpc) is 2.94. The Hall–Kier alpha value is -4.16. The lowest BCUT2D eigenvalue weighted by Crippen LogP contribution is -2.53. The van der Waals surface area contributed by atoms with Crippen LogP contribution in [0.15, 0.2) is 75.6 Å². The fourth-order valence-electron chi connectivity index (χ4n) is 3.90. The number of carbonyl (C=O) groups is 3. The molecule has 1 heterocycles. The molecule has 10 nitrogen and oxygen atoms in total. The Kier molecular flexibility index (Phi) is 9.14. The monoisotopic (exact) mass is 642 g/mol. The maximum Gasteiger partial charge on any atom is 0.339 e. The van der Waals surface area contributed by atoms with Crippen LogP contribution in [0.1, 0.15) is 30.0 Å². The van der Waals surface area contributed by atoms with Crippen LogP contribution < -0.4 is 19.0 Å². The SMILES string of the molecule is CCCOc1ccc(CN2C(=O)NC(=O)/C(=C\c3cc(Br)ccc3OS(=O)(=O)c3ccc(C)cc3)C2=O)cc1OC. The molecule has 1 aliphatic rings. The minimum atomic E-state index is -4.23. The van der Waals surface area contributed by atoms with Gasteiger partial charge in [0.15, 0.2) is 11.5 Å². The number of nitrogens with zero attached hydrogens (tertiary/aromatic N) is 1. The highest BCUT2D eigenvalue weighted by Crippen LogP contribution is 2.31. The van der Waals surface area contributed by atoms with Gasteiger partial charge in [-0.3, -0.25) is 19.8 Å². The van der Waals surface area contributed by atoms with Gasteiger partial charge in [-0.1, -0.05) is 46.6 Å². The number of barbiturate groups is 1. The van der Waals surface area contributed by atoms with Gasteiger partial charge in [0.2, 0.25) is 0 Å². The second-order valence-electron chi connectivity index (χ2n) is 9.07. The zero-order valence-corrected chi connectivity index (χ0v) is 24.9. The highest BCUT2D eigenvalue weighted by atomic mass is 79.9. The molecule has 1 N–H and O–H groups in total. The quantitative estimate of drug-likeness (QED) is 0.186. The minimum absolute atomic E-state index is 0.0607. The number of rotatable bonds is 10. The van der Waals surface area contributed by atoms with Crippen molar-refractivity contribution >= 4 is 50.0 Å². The van der Waals surface area contributed by atoms with E-state index in [4.69, 9.17) is 13.7 Å². The van der Waals surface area contributed by atoms with Gasteiger partial charge in [0, 0.05) is 10.0 Å². The van der Waals surface area contributed by atoms with Crippen molar-refractivity contribution in [2.24, 2.45) is 0 Å². The summed E-state index contributed by atoms with van der Waals surface area (Å²) in [5.41, 5.74) is 1.17. The largest absolute Gasteiger partial charge is 0.493 e. The molecule has 214 valence electrons. The number of nitrogens with one attached hydrogen (secondary N) is 1. The predicted octanol–water partition coefficient (Wildman–Crippen LogP) is 4.98. The highest BCUT2D eigenvalue weighted by Gasteiger charge is 2.36. The normalized spacial score (nSPS) is 14.7. The number of halogens is 1. The van der Waals surface area contributed by atoms with Crippen molar-refractivity contribution in [2.45, 2.75) is 31.7 Å². The second-order valence-corrected chi connectivity index (χ2v) is 11.5. The number of imide groups is 2. The maximum absolute atomic E-state index is 13.4. The standard InChI is InChI=1S/C29H27BrN2O8S/c1-4-13-39-25-11-7-19(14-26(25)38-3)17-32-28(34)23(27(33)31-29(32)35)16-20-15-21(30)8-12-24(20)40-41(36,37)22-9-5-18(2)6-10-22/h5-12,14-16H,4,13,17H2,1-3H3,(H,31,33,35)/b23-16+. The summed E-state index contributed by atoms with van der Waals surface area (Å²) >= 11 is 3.32. The van der Waals surface area contributed by atoms with Crippen LogP contribution in [0.3, 0.4) is 0 Å². The lowest BCUT2D eigenvalue weighted by Gasteiger charge is -2.26. The number of aryl methyl sites for hydroxylation is 1. The number of hydrogen-bond donors (Lipinski definition) is 1. The molecule has 0 unspecified atom stereocenters. The van der Waals surface area contributed by atoms with Crippen LogP contribution in [0.4, 0.5) is 4.79 Å². The Bertz CT molecular complexity index is 1630. The van der Waals surface area contributed by atoms with E-state index in [9.17, 15) is 22.8 Å². The first-order valence-corrected chi connectivity index (χ1v) is 14.7. The number of hydrogen-bond acceptors (Lipinski definition) is 8. The van der Waals surface area contributed by atoms with Crippen molar-refractivity contribution in [1.29, 1.82) is 0 Å². The summed E-state index contributed by atoms with van der Waals surface area (Å²) in [5, 5.41) is 2.16. The smallest absolute Gasteiger partial charge is 0.339 e. The van der Waals surface area contributed by atoms with Gasteiger partial charge >= 0.3 is 16.1 Å². The number of methoxy groups -OCH3 is 1. The molecule has 3 aromatic carbocycles. The summed E-state index contributed by atoms with van der Waals surface area (Å²) in [6, 6.07) is 14.7. The fourth-order valence-corrected chi connectivity index (χ4v) is 5.23. The molecule has 1 fully saturated rings. The van der Waals surface area contributed by atoms with Crippen LogP contribution in [0.5, 0.6) is 17.2 Å². The third-order valence-corrected chi connectivity index (χ3v) is 7.74. The van der Waals surface area contributed by atoms with Crippen LogP contribution >= 0.6 is 15.9 Å². The summed E-state index contributed by atoms with van der Waals surface area (Å²) in [4.78, 5) is 39.6. The van der Waals surface area contributed by atoms with Crippen LogP contribution in [0.2, 0.25) is 0 Å². The molecule has 3 aromatic rings. The molecule has 0 aromatic heterocycles. The van der Waals surface area contributed by atoms with Gasteiger partial charge in [-0.2, -0.15) is 8.42 Å². The first kappa shape index (κ1) is 29.8. The Morgan fingerprint density at radius 1 is 0.951 bits per heavy atom. The second kappa shape index (κ2) is 12.6. The van der Waals surface area contributed by atoms with E-state index in [-0.39, 0.29) is 28.3 Å². The molecular weight excluding hydrogens is 616 g/mol. The number of amides is 4. The molecule has 0 spiro atoms. The molecule has 0 aliphatic carbocycles. The van der Waals surface area contributed by atoms with Crippen molar-refractivity contribution in [2.75, 3.05) is 13.7 Å². The zero-order valence-electron chi connectivity index (χ0n) is 22.5. The van der Waals surface area contributed by atoms with Crippen molar-refractivity contribution < 1.29 is 36.5 Å². The molecule has 0 saturated carbocycles. The Morgan fingerprint density at radius 2 is 1.66 bits per heavy atom. The minimum Gasteiger partial charge on any atom is -0.493 e. The van der Waals surface area contributed by atoms with Gasteiger partial charge in [-0.05, 0) is 67.4 Å². The van der Waals surface area contributed by atoms with E-state index in [1.807, 2.05) is 13.8 Å². The van der Waals surface area contributed by atoms with E-state index >= 15 is 0 Å². The fraction of sp³-hybridized carbons (Fsp3) is 0.207. The van der Waals surface area contributed by atoms with Crippen molar-refractivity contribution in [3.8, 4) is 17.2 Å². The first-order chi connectivity index (χ1) is 19.5. The maximum atomic E-state index is 13.4. The van der Waals surface area contributed by atoms with E-state index in [1.165, 1.54) is 37.5 Å². The number of benzene rings is 3. The lowest BCUT2D eigenvalue weighted by atomic mass is 10.1. The van der Waals surface area contributed by atoms with Crippen LogP contribution in [0, 0.1) is 6.92 Å². The Labute approximate surface area is 246 Å². The summed E-state index contributed by atoms with van der Waals surface area (Å²) in [6.45, 7) is 4.13. The first-order valence-electron chi connectivity index (χ1n) is 12.5. The Balaban J connectivity index is 1.65. The molecule has 12 heteroatoms. The summed E-state index contributed by atoms with van der Waals surface area (Å²) in [7, 11) is -2.75. The van der Waals surface area contributed by atoms with E-state index in [0.717, 1.165) is 16.9 Å². The zero-order chi connectivity index (χ0) is 29.7. The molecule has 0 bridgehead atoms. The molecule has 1 saturated heterocycles. The molecule has 41 heavy (non-hydrogen) atoms. The number of carbonyl (C=O) groups excluding carboxylic acids is 3. The van der Waals surface area contributed by atoms with Gasteiger partial charge in [-0.15, -0.1) is 0 Å². The molecular formula is C29H27BrN2O8S. The van der Waals surface area contributed by atoms with Crippen LogP contribution in [0.25, 0.3) is 6.08 Å². The van der Waals surface area contributed by atoms with Crippen molar-refractivity contribution in [3.05, 3.63) is 87.4 Å². The predicted molar refractivity (Wildman–Crippen MR) is 154 cm³/mol. The van der Waals surface area contributed by atoms with E-state index in [1.54, 1.807) is 36.4 Å². The van der Waals surface area contributed by atoms with Crippen LogP contribution in [-0.4, -0.2) is 44.9 Å². The highest BCUT2D eigenvalue weighted by molar-refractivity contribution is 9.10. The third kappa shape index (κ3) is 6.95. The molecule has 0 radical (unpaired) electrons. The molecule has 4 rings (SSSR count). The topological polar surface area (TPSA) is 128 Å².